The van der Waals surface area contributed by atoms with Gasteiger partial charge in [-0.25, -0.2) is 4.79 Å². The maximum atomic E-state index is 12.9. The monoisotopic (exact) mass is 482 g/mol. The van der Waals surface area contributed by atoms with Crippen LogP contribution in [0.2, 0.25) is 10.0 Å². The largest absolute Gasteiger partial charge is 0.612 e. The first-order valence-electron chi connectivity index (χ1n) is 9.36. The average Bonchev–Trinajstić information content (AvgIpc) is 2.72. The molecule has 2 aromatic rings. The van der Waals surface area contributed by atoms with Gasteiger partial charge >= 0.3 is 5.97 Å². The Bertz CT molecular complexity index is 1030. The van der Waals surface area contributed by atoms with Crippen molar-refractivity contribution in [1.29, 1.82) is 0 Å². The molecule has 2 aromatic carbocycles. The van der Waals surface area contributed by atoms with Crippen LogP contribution in [0.3, 0.4) is 0 Å². The molecule has 0 radical (unpaired) electrons. The molecule has 0 aromatic heterocycles. The second-order valence-electron chi connectivity index (χ2n) is 7.18. The molecular formula is C21H20Cl2N2O5S. The van der Waals surface area contributed by atoms with Gasteiger partial charge in [-0.1, -0.05) is 35.3 Å². The minimum Gasteiger partial charge on any atom is -0.612 e. The van der Waals surface area contributed by atoms with Crippen molar-refractivity contribution in [2.45, 2.75) is 30.3 Å². The SMILES string of the molecule is C[S+]([O-])c1cccc(CC(NC(=O)c2c(Cl)cc3c(c2Cl)CCN(C=O)C3)C(=O)O)c1. The van der Waals surface area contributed by atoms with E-state index in [1.807, 2.05) is 0 Å². The second kappa shape index (κ2) is 9.91. The van der Waals surface area contributed by atoms with Crippen molar-refractivity contribution in [3.63, 3.8) is 0 Å². The number of carboxylic acid groups (broad SMARTS) is 1. The third-order valence-electron chi connectivity index (χ3n) is 5.08. The maximum absolute atomic E-state index is 12.9. The summed E-state index contributed by atoms with van der Waals surface area (Å²) < 4.78 is 11.7. The minimum absolute atomic E-state index is 0.000582. The fraction of sp³-hybridized carbons (Fsp3) is 0.286. The highest BCUT2D eigenvalue weighted by atomic mass is 35.5. The molecule has 2 amide bonds. The van der Waals surface area contributed by atoms with Crippen LogP contribution in [0.1, 0.15) is 27.0 Å². The Morgan fingerprint density at radius 1 is 1.35 bits per heavy atom. The van der Waals surface area contributed by atoms with Gasteiger partial charge in [-0.2, -0.15) is 0 Å². The standard InChI is InChI=1S/C21H20Cl2N2O5S/c1-31(30)14-4-2-3-12(7-14)8-17(21(28)29)24-20(27)18-16(22)9-13-10-25(11-26)6-5-15(13)19(18)23/h2-4,7,9,11,17H,5-6,8,10H2,1H3,(H,24,27)(H,28,29). The van der Waals surface area contributed by atoms with Crippen LogP contribution in [-0.2, 0) is 40.2 Å². The Hall–Kier alpha value is -2.26. The Kier molecular flexibility index (Phi) is 7.48. The highest BCUT2D eigenvalue weighted by molar-refractivity contribution is 7.90. The lowest BCUT2D eigenvalue weighted by Gasteiger charge is -2.27. The molecule has 1 aliphatic rings. The summed E-state index contributed by atoms with van der Waals surface area (Å²) in [6, 6.07) is 7.08. The lowest BCUT2D eigenvalue weighted by molar-refractivity contribution is -0.139. The van der Waals surface area contributed by atoms with Crippen LogP contribution in [0, 0.1) is 0 Å². The zero-order chi connectivity index (χ0) is 22.7. The van der Waals surface area contributed by atoms with Crippen LogP contribution < -0.4 is 5.32 Å². The minimum atomic E-state index is -1.23. The zero-order valence-corrected chi connectivity index (χ0v) is 18.9. The third-order valence-corrected chi connectivity index (χ3v) is 6.72. The normalized spacial score (nSPS) is 15.0. The first-order valence-corrected chi connectivity index (χ1v) is 11.7. The summed E-state index contributed by atoms with van der Waals surface area (Å²) >= 11 is 11.5. The number of amides is 2. The summed E-state index contributed by atoms with van der Waals surface area (Å²) in [6.45, 7) is 0.804. The van der Waals surface area contributed by atoms with Crippen molar-refractivity contribution in [2.75, 3.05) is 12.8 Å². The van der Waals surface area contributed by atoms with Crippen LogP contribution in [-0.4, -0.2) is 51.7 Å². The number of carbonyl (C=O) groups is 3. The van der Waals surface area contributed by atoms with Crippen molar-refractivity contribution < 1.29 is 24.0 Å². The van der Waals surface area contributed by atoms with Crippen LogP contribution >= 0.6 is 23.2 Å². The molecular weight excluding hydrogens is 463 g/mol. The molecule has 7 nitrogen and oxygen atoms in total. The number of aliphatic carboxylic acids is 1. The lowest BCUT2D eigenvalue weighted by Crippen LogP contribution is -2.42. The Labute approximate surface area is 192 Å². The Balaban J connectivity index is 1.84. The van der Waals surface area contributed by atoms with Crippen molar-refractivity contribution in [2.24, 2.45) is 0 Å². The van der Waals surface area contributed by atoms with Gasteiger partial charge < -0.3 is 19.9 Å². The number of rotatable bonds is 7. The number of carboxylic acids is 1. The number of hydrogen-bond acceptors (Lipinski definition) is 4. The molecule has 31 heavy (non-hydrogen) atoms. The van der Waals surface area contributed by atoms with E-state index in [9.17, 15) is 24.0 Å². The van der Waals surface area contributed by atoms with Gasteiger partial charge in [-0.05, 0) is 52.5 Å². The molecule has 0 saturated heterocycles. The van der Waals surface area contributed by atoms with Gasteiger partial charge in [0.1, 0.15) is 12.3 Å². The molecule has 2 N–H and O–H groups in total. The third kappa shape index (κ3) is 5.33. The van der Waals surface area contributed by atoms with Gasteiger partial charge in [0.2, 0.25) is 6.41 Å². The van der Waals surface area contributed by atoms with Gasteiger partial charge in [0.05, 0.1) is 15.6 Å². The highest BCUT2D eigenvalue weighted by Crippen LogP contribution is 2.34. The van der Waals surface area contributed by atoms with Gasteiger partial charge in [0, 0.05) is 19.5 Å². The quantitative estimate of drug-likeness (QED) is 0.465. The fourth-order valence-corrected chi connectivity index (χ4v) is 4.84. The first kappa shape index (κ1) is 23.4. The molecule has 1 aliphatic heterocycles. The molecule has 0 saturated carbocycles. The van der Waals surface area contributed by atoms with Crippen LogP contribution in [0.15, 0.2) is 35.2 Å². The van der Waals surface area contributed by atoms with E-state index in [1.54, 1.807) is 35.2 Å². The maximum Gasteiger partial charge on any atom is 0.326 e. The van der Waals surface area contributed by atoms with Crippen molar-refractivity contribution >= 4 is 52.7 Å². The zero-order valence-electron chi connectivity index (χ0n) is 16.6. The molecule has 0 fully saturated rings. The fourth-order valence-electron chi connectivity index (χ4n) is 3.49. The van der Waals surface area contributed by atoms with E-state index in [-0.39, 0.29) is 22.0 Å². The summed E-state index contributed by atoms with van der Waals surface area (Å²) in [5, 5.41) is 12.4. The number of hydrogen-bond donors (Lipinski definition) is 2. The molecule has 0 spiro atoms. The Morgan fingerprint density at radius 2 is 2.10 bits per heavy atom. The number of nitrogens with one attached hydrogen (secondary N) is 1. The second-order valence-corrected chi connectivity index (χ2v) is 9.35. The lowest BCUT2D eigenvalue weighted by atomic mass is 9.96. The van der Waals surface area contributed by atoms with E-state index in [0.717, 1.165) is 17.5 Å². The molecule has 10 heteroatoms. The smallest absolute Gasteiger partial charge is 0.326 e. The summed E-state index contributed by atoms with van der Waals surface area (Å²) in [5.41, 5.74) is 2.11. The van der Waals surface area contributed by atoms with Gasteiger partial charge in [0.25, 0.3) is 5.91 Å². The molecule has 0 aliphatic carbocycles. The summed E-state index contributed by atoms with van der Waals surface area (Å²) in [7, 11) is 0. The first-order chi connectivity index (χ1) is 14.7. The van der Waals surface area contributed by atoms with E-state index in [2.05, 4.69) is 5.32 Å². The Morgan fingerprint density at radius 3 is 2.74 bits per heavy atom. The molecule has 2 unspecified atom stereocenters. The number of carbonyl (C=O) groups excluding carboxylic acids is 2. The number of benzene rings is 2. The van der Waals surface area contributed by atoms with Gasteiger partial charge in [0.15, 0.2) is 4.90 Å². The van der Waals surface area contributed by atoms with Crippen molar-refractivity contribution in [3.8, 4) is 0 Å². The molecule has 1 heterocycles. The van der Waals surface area contributed by atoms with Gasteiger partial charge in [-0.15, -0.1) is 0 Å². The number of halogens is 2. The molecule has 3 rings (SSSR count). The van der Waals surface area contributed by atoms with E-state index in [1.165, 1.54) is 6.26 Å². The number of fused-ring (bicyclic) bond motifs is 1. The van der Waals surface area contributed by atoms with Crippen LogP contribution in [0.25, 0.3) is 0 Å². The van der Waals surface area contributed by atoms with Crippen molar-refractivity contribution in [3.05, 3.63) is 62.6 Å². The number of nitrogens with zero attached hydrogens (tertiary/aromatic N) is 1. The topological polar surface area (TPSA) is 110 Å². The predicted octanol–water partition coefficient (Wildman–Crippen LogP) is 2.67. The van der Waals surface area contributed by atoms with E-state index < -0.39 is 29.1 Å². The average molecular weight is 483 g/mol. The van der Waals surface area contributed by atoms with Crippen LogP contribution in [0.5, 0.6) is 0 Å². The molecule has 0 bridgehead atoms. The highest BCUT2D eigenvalue weighted by Gasteiger charge is 2.28. The van der Waals surface area contributed by atoms with Crippen molar-refractivity contribution in [1.82, 2.24) is 10.2 Å². The molecule has 2 atom stereocenters. The predicted molar refractivity (Wildman–Crippen MR) is 118 cm³/mol. The van der Waals surface area contributed by atoms with Crippen LogP contribution in [0.4, 0.5) is 0 Å². The summed E-state index contributed by atoms with van der Waals surface area (Å²) in [5.74, 6) is -1.92. The van der Waals surface area contributed by atoms with E-state index in [0.29, 0.717) is 30.0 Å². The van der Waals surface area contributed by atoms with E-state index >= 15 is 0 Å². The van der Waals surface area contributed by atoms with E-state index in [4.69, 9.17) is 23.2 Å². The summed E-state index contributed by atoms with van der Waals surface area (Å²) in [6.07, 6.45) is 2.74. The molecule has 164 valence electrons. The summed E-state index contributed by atoms with van der Waals surface area (Å²) in [4.78, 5) is 37.9. The van der Waals surface area contributed by atoms with Gasteiger partial charge in [-0.3, -0.25) is 9.59 Å².